The van der Waals surface area contributed by atoms with Gasteiger partial charge in [-0.25, -0.2) is 0 Å². The van der Waals surface area contributed by atoms with Gasteiger partial charge >= 0.3 is 6.18 Å². The fourth-order valence-electron chi connectivity index (χ4n) is 4.69. The summed E-state index contributed by atoms with van der Waals surface area (Å²) in [6.07, 6.45) is -4.18. The molecule has 0 radical (unpaired) electrons. The zero-order valence-corrected chi connectivity index (χ0v) is 23.0. The average molecular weight is 557 g/mol. The van der Waals surface area contributed by atoms with E-state index in [-0.39, 0.29) is 12.1 Å². The lowest BCUT2D eigenvalue weighted by atomic mass is 9.96. The predicted octanol–water partition coefficient (Wildman–Crippen LogP) is 7.75. The van der Waals surface area contributed by atoms with Gasteiger partial charge in [0.15, 0.2) is 0 Å². The highest BCUT2D eigenvalue weighted by atomic mass is 19.4. The van der Waals surface area contributed by atoms with E-state index >= 15 is 0 Å². The Morgan fingerprint density at radius 3 is 2.02 bits per heavy atom. The molecule has 1 atom stereocenters. The van der Waals surface area contributed by atoms with E-state index in [1.807, 2.05) is 78.9 Å². The standard InChI is InChI=1S/C34H35F3N4/c1-3-22-39-32(26-16-8-5-9-17-26)31(25-14-6-4-7-15-25)24(2)41-33(28-19-11-13-21-30(28)38)40-23-27-18-10-12-20-29(27)34(35,36)37/h4-21,33,39-41H,2-3,22-23,38H2,1H3/b32-31+. The first-order valence-electron chi connectivity index (χ1n) is 13.6. The molecule has 0 saturated carbocycles. The summed E-state index contributed by atoms with van der Waals surface area (Å²) < 4.78 is 41.2. The third kappa shape index (κ3) is 7.58. The molecule has 0 heterocycles. The highest BCUT2D eigenvalue weighted by Crippen LogP contribution is 2.33. The summed E-state index contributed by atoms with van der Waals surface area (Å²) in [6.45, 7) is 7.22. The fraction of sp³-hybridized carbons (Fsp3) is 0.176. The Morgan fingerprint density at radius 1 is 0.805 bits per heavy atom. The van der Waals surface area contributed by atoms with Gasteiger partial charge in [-0.1, -0.05) is 111 Å². The van der Waals surface area contributed by atoms with Crippen molar-refractivity contribution in [2.75, 3.05) is 12.3 Å². The van der Waals surface area contributed by atoms with Crippen molar-refractivity contribution in [3.63, 3.8) is 0 Å². The maximum atomic E-state index is 13.7. The Hall–Kier alpha value is -4.49. The topological polar surface area (TPSA) is 62.1 Å². The van der Waals surface area contributed by atoms with E-state index in [1.165, 1.54) is 12.1 Å². The van der Waals surface area contributed by atoms with Gasteiger partial charge in [-0.05, 0) is 35.2 Å². The third-order valence-corrected chi connectivity index (χ3v) is 6.67. The number of nitrogens with two attached hydrogens (primary N) is 1. The molecule has 0 amide bonds. The lowest BCUT2D eigenvalue weighted by Crippen LogP contribution is -2.35. The van der Waals surface area contributed by atoms with Crippen LogP contribution in [-0.2, 0) is 12.7 Å². The summed E-state index contributed by atoms with van der Waals surface area (Å²) >= 11 is 0. The van der Waals surface area contributed by atoms with Crippen LogP contribution >= 0.6 is 0 Å². The summed E-state index contributed by atoms with van der Waals surface area (Å²) in [5, 5.41) is 10.3. The summed E-state index contributed by atoms with van der Waals surface area (Å²) in [6, 6.07) is 32.8. The largest absolute Gasteiger partial charge is 0.416 e. The molecule has 0 aliphatic carbocycles. The van der Waals surface area contributed by atoms with Gasteiger partial charge in [0, 0.05) is 35.6 Å². The Balaban J connectivity index is 1.76. The van der Waals surface area contributed by atoms with Crippen LogP contribution in [0, 0.1) is 0 Å². The van der Waals surface area contributed by atoms with E-state index in [4.69, 9.17) is 5.73 Å². The Bertz CT molecular complexity index is 1460. The van der Waals surface area contributed by atoms with Crippen LogP contribution < -0.4 is 21.7 Å². The quantitative estimate of drug-likeness (QED) is 0.0624. The van der Waals surface area contributed by atoms with Crippen molar-refractivity contribution in [2.24, 2.45) is 0 Å². The molecule has 4 aromatic carbocycles. The number of para-hydroxylation sites is 1. The van der Waals surface area contributed by atoms with Crippen molar-refractivity contribution in [3.05, 3.63) is 149 Å². The summed E-state index contributed by atoms with van der Waals surface area (Å²) in [4.78, 5) is 0. The highest BCUT2D eigenvalue weighted by Gasteiger charge is 2.33. The number of benzene rings is 4. The van der Waals surface area contributed by atoms with E-state index in [9.17, 15) is 13.2 Å². The summed E-state index contributed by atoms with van der Waals surface area (Å²) in [7, 11) is 0. The second-order valence-electron chi connectivity index (χ2n) is 9.63. The van der Waals surface area contributed by atoms with Crippen molar-refractivity contribution in [3.8, 4) is 0 Å². The van der Waals surface area contributed by atoms with Crippen molar-refractivity contribution in [1.82, 2.24) is 16.0 Å². The van der Waals surface area contributed by atoms with E-state index in [0.29, 0.717) is 16.9 Å². The molecule has 0 bridgehead atoms. The van der Waals surface area contributed by atoms with Crippen molar-refractivity contribution in [1.29, 1.82) is 0 Å². The van der Waals surface area contributed by atoms with Gasteiger partial charge in [0.25, 0.3) is 0 Å². The maximum Gasteiger partial charge on any atom is 0.416 e. The molecular formula is C34H35F3N4. The van der Waals surface area contributed by atoms with Crippen LogP contribution in [0.1, 0.15) is 47.3 Å². The molecule has 4 nitrogen and oxygen atoms in total. The summed E-state index contributed by atoms with van der Waals surface area (Å²) in [5.74, 6) is 0. The molecule has 4 rings (SSSR count). The number of nitrogen functional groups attached to an aromatic ring is 1. The number of hydrogen-bond donors (Lipinski definition) is 4. The number of nitrogens with one attached hydrogen (secondary N) is 3. The van der Waals surface area contributed by atoms with Gasteiger partial charge in [0.1, 0.15) is 6.17 Å². The van der Waals surface area contributed by atoms with Gasteiger partial charge in [-0.3, -0.25) is 5.32 Å². The third-order valence-electron chi connectivity index (χ3n) is 6.67. The van der Waals surface area contributed by atoms with Crippen LogP contribution in [-0.4, -0.2) is 6.54 Å². The summed E-state index contributed by atoms with van der Waals surface area (Å²) in [5.41, 5.74) is 11.3. The predicted molar refractivity (Wildman–Crippen MR) is 162 cm³/mol. The molecule has 1 unspecified atom stereocenters. The van der Waals surface area contributed by atoms with Crippen molar-refractivity contribution in [2.45, 2.75) is 32.2 Å². The molecule has 0 saturated heterocycles. The second kappa shape index (κ2) is 13.7. The molecule has 0 aromatic heterocycles. The van der Waals surface area contributed by atoms with Crippen molar-refractivity contribution < 1.29 is 13.2 Å². The molecule has 0 fully saturated rings. The normalized spacial score (nSPS) is 12.8. The van der Waals surface area contributed by atoms with Crippen LogP contribution in [0.2, 0.25) is 0 Å². The zero-order valence-electron chi connectivity index (χ0n) is 23.0. The van der Waals surface area contributed by atoms with Gasteiger partial charge < -0.3 is 16.4 Å². The number of hydrogen-bond acceptors (Lipinski definition) is 4. The first-order valence-corrected chi connectivity index (χ1v) is 13.6. The lowest BCUT2D eigenvalue weighted by molar-refractivity contribution is -0.138. The number of halogens is 3. The minimum atomic E-state index is -4.46. The number of alkyl halides is 3. The van der Waals surface area contributed by atoms with Gasteiger partial charge in [-0.15, -0.1) is 0 Å². The van der Waals surface area contributed by atoms with Crippen LogP contribution in [0.3, 0.4) is 0 Å². The second-order valence-corrected chi connectivity index (χ2v) is 9.63. The SMILES string of the molecule is C=C(NC(NCc1ccccc1C(F)(F)F)c1ccccc1N)/C(=C(\NCCC)c1ccccc1)c1ccccc1. The van der Waals surface area contributed by atoms with E-state index in [1.54, 1.807) is 12.1 Å². The Labute approximate surface area is 239 Å². The van der Waals surface area contributed by atoms with Crippen molar-refractivity contribution >= 4 is 17.0 Å². The van der Waals surface area contributed by atoms with Gasteiger partial charge in [0.2, 0.25) is 0 Å². The number of allylic oxidation sites excluding steroid dienone is 1. The van der Waals surface area contributed by atoms with E-state index in [2.05, 4.69) is 29.5 Å². The molecule has 7 heteroatoms. The van der Waals surface area contributed by atoms with E-state index in [0.717, 1.165) is 41.4 Å². The Morgan fingerprint density at radius 2 is 1.39 bits per heavy atom. The van der Waals surface area contributed by atoms with Gasteiger partial charge in [-0.2, -0.15) is 13.2 Å². The molecular weight excluding hydrogens is 521 g/mol. The fourth-order valence-corrected chi connectivity index (χ4v) is 4.69. The Kier molecular flexibility index (Phi) is 9.87. The first kappa shape index (κ1) is 29.5. The minimum Gasteiger partial charge on any atom is -0.398 e. The monoisotopic (exact) mass is 556 g/mol. The lowest BCUT2D eigenvalue weighted by Gasteiger charge is -2.28. The molecule has 0 spiro atoms. The highest BCUT2D eigenvalue weighted by molar-refractivity contribution is 5.97. The molecule has 41 heavy (non-hydrogen) atoms. The number of rotatable bonds is 12. The molecule has 0 aliphatic rings. The molecule has 4 aromatic rings. The molecule has 5 N–H and O–H groups in total. The van der Waals surface area contributed by atoms with Gasteiger partial charge in [0.05, 0.1) is 11.3 Å². The minimum absolute atomic E-state index is 0.0427. The maximum absolute atomic E-state index is 13.7. The molecule has 212 valence electrons. The molecule has 0 aliphatic heterocycles. The van der Waals surface area contributed by atoms with Crippen LogP contribution in [0.4, 0.5) is 18.9 Å². The zero-order chi connectivity index (χ0) is 29.2. The average Bonchev–Trinajstić information content (AvgIpc) is 2.98. The van der Waals surface area contributed by atoms with Crippen LogP contribution in [0.25, 0.3) is 11.3 Å². The smallest absolute Gasteiger partial charge is 0.398 e. The van der Waals surface area contributed by atoms with E-state index < -0.39 is 17.9 Å². The number of anilines is 1. The first-order chi connectivity index (χ1) is 19.8. The van der Waals surface area contributed by atoms with Crippen LogP contribution in [0.5, 0.6) is 0 Å². The van der Waals surface area contributed by atoms with Crippen LogP contribution in [0.15, 0.2) is 121 Å².